The smallest absolute Gasteiger partial charge is 0.126 e. The van der Waals surface area contributed by atoms with Gasteiger partial charge in [-0.05, 0) is 23.8 Å². The predicted octanol–water partition coefficient (Wildman–Crippen LogP) is 3.83. The number of pyridine rings is 1. The Morgan fingerprint density at radius 1 is 1.22 bits per heavy atom. The molecular weight excluding hydrogens is 295 g/mol. The van der Waals surface area contributed by atoms with Crippen LogP contribution in [0.3, 0.4) is 0 Å². The highest BCUT2D eigenvalue weighted by atomic mass is 79.9. The van der Waals surface area contributed by atoms with E-state index >= 15 is 0 Å². The van der Waals surface area contributed by atoms with E-state index in [-0.39, 0.29) is 5.82 Å². The van der Waals surface area contributed by atoms with E-state index in [2.05, 4.69) is 20.9 Å². The van der Waals surface area contributed by atoms with Gasteiger partial charge >= 0.3 is 0 Å². The van der Waals surface area contributed by atoms with Crippen molar-refractivity contribution in [2.45, 2.75) is 6.42 Å². The number of fused-ring (bicyclic) bond motifs is 1. The van der Waals surface area contributed by atoms with E-state index in [4.69, 9.17) is 0 Å². The van der Waals surface area contributed by atoms with E-state index in [9.17, 15) is 4.39 Å². The van der Waals surface area contributed by atoms with Gasteiger partial charge < -0.3 is 4.40 Å². The summed E-state index contributed by atoms with van der Waals surface area (Å²) in [7, 11) is 0. The molecule has 3 rings (SSSR count). The van der Waals surface area contributed by atoms with Crippen molar-refractivity contribution in [1.82, 2.24) is 9.38 Å². The Bertz CT molecular complexity index is 706. The molecule has 0 atom stereocenters. The number of benzene rings is 1. The van der Waals surface area contributed by atoms with Crippen molar-refractivity contribution in [2.24, 2.45) is 0 Å². The van der Waals surface area contributed by atoms with Gasteiger partial charge in [0.15, 0.2) is 0 Å². The molecule has 2 nitrogen and oxygen atoms in total. The van der Waals surface area contributed by atoms with Crippen LogP contribution < -0.4 is 0 Å². The Morgan fingerprint density at radius 2 is 2.06 bits per heavy atom. The molecule has 0 aliphatic heterocycles. The third-order valence-electron chi connectivity index (χ3n) is 2.88. The van der Waals surface area contributed by atoms with Crippen LogP contribution in [0.2, 0.25) is 0 Å². The zero-order chi connectivity index (χ0) is 12.5. The molecule has 18 heavy (non-hydrogen) atoms. The third-order valence-corrected chi connectivity index (χ3v) is 3.37. The van der Waals surface area contributed by atoms with Gasteiger partial charge in [-0.3, -0.25) is 0 Å². The second-order valence-corrected chi connectivity index (χ2v) is 5.00. The average Bonchev–Trinajstić information content (AvgIpc) is 2.74. The minimum absolute atomic E-state index is 0.189. The van der Waals surface area contributed by atoms with Gasteiger partial charge in [0.2, 0.25) is 0 Å². The fourth-order valence-corrected chi connectivity index (χ4v) is 2.32. The van der Waals surface area contributed by atoms with Crippen LogP contribution in [0, 0.1) is 5.82 Å². The molecule has 0 saturated carbocycles. The van der Waals surface area contributed by atoms with Crippen LogP contribution in [0.4, 0.5) is 4.39 Å². The minimum Gasteiger partial charge on any atom is -0.303 e. The number of aromatic nitrogens is 2. The van der Waals surface area contributed by atoms with Crippen LogP contribution in [0.5, 0.6) is 0 Å². The van der Waals surface area contributed by atoms with E-state index in [1.165, 1.54) is 6.07 Å². The summed E-state index contributed by atoms with van der Waals surface area (Å²) in [5.41, 5.74) is 1.66. The highest BCUT2D eigenvalue weighted by Gasteiger charge is 2.07. The summed E-state index contributed by atoms with van der Waals surface area (Å²) in [6, 6.07) is 10.7. The molecule has 0 fully saturated rings. The molecule has 0 saturated heterocycles. The summed E-state index contributed by atoms with van der Waals surface area (Å²) in [6.45, 7) is 0. The maximum atomic E-state index is 13.6. The Hall–Kier alpha value is -1.68. The lowest BCUT2D eigenvalue weighted by molar-refractivity contribution is 0.612. The zero-order valence-corrected chi connectivity index (χ0v) is 11.1. The monoisotopic (exact) mass is 304 g/mol. The Labute approximate surface area is 112 Å². The molecule has 0 unspecified atom stereocenters. The summed E-state index contributed by atoms with van der Waals surface area (Å²) < 4.78 is 16.6. The SMILES string of the molecule is Fc1ccccc1Cc1ncc2cc(Br)ccn12. The van der Waals surface area contributed by atoms with Crippen molar-refractivity contribution in [2.75, 3.05) is 0 Å². The van der Waals surface area contributed by atoms with Crippen LogP contribution in [0.15, 0.2) is 53.3 Å². The van der Waals surface area contributed by atoms with E-state index in [1.807, 2.05) is 28.8 Å². The van der Waals surface area contributed by atoms with Gasteiger partial charge in [0.25, 0.3) is 0 Å². The number of halogens is 2. The van der Waals surface area contributed by atoms with Gasteiger partial charge in [-0.1, -0.05) is 34.1 Å². The van der Waals surface area contributed by atoms with E-state index in [0.29, 0.717) is 12.0 Å². The molecule has 0 radical (unpaired) electrons. The highest BCUT2D eigenvalue weighted by molar-refractivity contribution is 9.10. The first kappa shape index (κ1) is 11.4. The lowest BCUT2D eigenvalue weighted by atomic mass is 10.1. The first-order chi connectivity index (χ1) is 8.74. The Morgan fingerprint density at radius 3 is 2.89 bits per heavy atom. The number of hydrogen-bond donors (Lipinski definition) is 0. The van der Waals surface area contributed by atoms with Crippen LogP contribution in [-0.4, -0.2) is 9.38 Å². The van der Waals surface area contributed by atoms with Crippen molar-refractivity contribution in [3.05, 3.63) is 70.5 Å². The molecule has 0 amide bonds. The lowest BCUT2D eigenvalue weighted by Gasteiger charge is -2.03. The summed E-state index contributed by atoms with van der Waals surface area (Å²) in [6.07, 6.45) is 4.21. The molecule has 90 valence electrons. The Kier molecular flexibility index (Phi) is 2.88. The average molecular weight is 305 g/mol. The summed E-state index contributed by atoms with van der Waals surface area (Å²) >= 11 is 3.42. The Balaban J connectivity index is 2.03. The van der Waals surface area contributed by atoms with Crippen LogP contribution >= 0.6 is 15.9 Å². The highest BCUT2D eigenvalue weighted by Crippen LogP contribution is 2.17. The summed E-state index contributed by atoms with van der Waals surface area (Å²) in [4.78, 5) is 4.35. The maximum absolute atomic E-state index is 13.6. The molecule has 0 bridgehead atoms. The number of rotatable bonds is 2. The van der Waals surface area contributed by atoms with Crippen molar-refractivity contribution in [1.29, 1.82) is 0 Å². The first-order valence-corrected chi connectivity index (χ1v) is 6.38. The standard InChI is InChI=1S/C14H10BrFN2/c15-11-5-6-18-12(8-11)9-17-14(18)7-10-3-1-2-4-13(10)16/h1-6,8-9H,7H2. The van der Waals surface area contributed by atoms with Gasteiger partial charge in [0.05, 0.1) is 11.7 Å². The lowest BCUT2D eigenvalue weighted by Crippen LogP contribution is -1.98. The fraction of sp³-hybridized carbons (Fsp3) is 0.0714. The molecule has 2 heterocycles. The van der Waals surface area contributed by atoms with Crippen molar-refractivity contribution < 1.29 is 4.39 Å². The van der Waals surface area contributed by atoms with Gasteiger partial charge in [-0.25, -0.2) is 9.37 Å². The topological polar surface area (TPSA) is 17.3 Å². The van der Waals surface area contributed by atoms with Crippen molar-refractivity contribution in [3.8, 4) is 0 Å². The van der Waals surface area contributed by atoms with Gasteiger partial charge in [0, 0.05) is 17.1 Å². The van der Waals surface area contributed by atoms with Crippen molar-refractivity contribution in [3.63, 3.8) is 0 Å². The van der Waals surface area contributed by atoms with Crippen LogP contribution in [0.25, 0.3) is 5.52 Å². The summed E-state index contributed by atoms with van der Waals surface area (Å²) in [5.74, 6) is 0.647. The molecule has 0 aliphatic carbocycles. The van der Waals surface area contributed by atoms with E-state index in [0.717, 1.165) is 15.8 Å². The molecule has 0 aliphatic rings. The van der Waals surface area contributed by atoms with Gasteiger partial charge in [-0.2, -0.15) is 0 Å². The maximum Gasteiger partial charge on any atom is 0.126 e. The largest absolute Gasteiger partial charge is 0.303 e. The second kappa shape index (κ2) is 4.53. The quantitative estimate of drug-likeness (QED) is 0.703. The zero-order valence-electron chi connectivity index (χ0n) is 9.48. The van der Waals surface area contributed by atoms with E-state index < -0.39 is 0 Å². The molecule has 0 spiro atoms. The number of nitrogens with zero attached hydrogens (tertiary/aromatic N) is 2. The van der Waals surface area contributed by atoms with Crippen LogP contribution in [-0.2, 0) is 6.42 Å². The first-order valence-electron chi connectivity index (χ1n) is 5.59. The fourth-order valence-electron chi connectivity index (χ4n) is 1.97. The third kappa shape index (κ3) is 2.04. The van der Waals surface area contributed by atoms with Crippen LogP contribution in [0.1, 0.15) is 11.4 Å². The molecular formula is C14H10BrFN2. The minimum atomic E-state index is -0.189. The molecule has 1 aromatic carbocycles. The molecule has 4 heteroatoms. The molecule has 3 aromatic rings. The predicted molar refractivity (Wildman–Crippen MR) is 72.1 cm³/mol. The molecule has 0 N–H and O–H groups in total. The second-order valence-electron chi connectivity index (χ2n) is 4.08. The number of hydrogen-bond acceptors (Lipinski definition) is 1. The normalized spacial score (nSPS) is 11.0. The number of imidazole rings is 1. The van der Waals surface area contributed by atoms with E-state index in [1.54, 1.807) is 18.3 Å². The van der Waals surface area contributed by atoms with Crippen molar-refractivity contribution >= 4 is 21.4 Å². The van der Waals surface area contributed by atoms with Gasteiger partial charge in [0.1, 0.15) is 11.6 Å². The van der Waals surface area contributed by atoms with Gasteiger partial charge in [-0.15, -0.1) is 0 Å². The summed E-state index contributed by atoms with van der Waals surface area (Å²) in [5, 5.41) is 0. The molecule has 2 aromatic heterocycles.